The second-order valence-electron chi connectivity index (χ2n) is 5.89. The van der Waals surface area contributed by atoms with E-state index in [1.165, 1.54) is 0 Å². The van der Waals surface area contributed by atoms with E-state index < -0.39 is 11.5 Å². The molecule has 1 amide bonds. The predicted octanol–water partition coefficient (Wildman–Crippen LogP) is 2.76. The van der Waals surface area contributed by atoms with Crippen molar-refractivity contribution in [3.63, 3.8) is 0 Å². The van der Waals surface area contributed by atoms with Crippen LogP contribution < -0.4 is 5.32 Å². The summed E-state index contributed by atoms with van der Waals surface area (Å²) in [5.41, 5.74) is 0.399. The van der Waals surface area contributed by atoms with E-state index in [-0.39, 0.29) is 5.91 Å². The maximum atomic E-state index is 12.3. The molecule has 0 heterocycles. The molecule has 2 rings (SSSR count). The standard InChI is InChI=1S/C16H21NO3/c1-11-6-8-16(9-7-11,15(19)20)17-14(18)13-5-3-4-12(2)10-13/h3-5,10-11H,6-9H2,1-2H3,(H,17,18)(H,19,20). The van der Waals surface area contributed by atoms with E-state index in [1.807, 2.05) is 13.0 Å². The first kappa shape index (κ1) is 14.6. The zero-order valence-corrected chi connectivity index (χ0v) is 12.0. The Morgan fingerprint density at radius 3 is 2.50 bits per heavy atom. The Balaban J connectivity index is 2.17. The van der Waals surface area contributed by atoms with E-state index in [0.717, 1.165) is 18.4 Å². The molecule has 0 bridgehead atoms. The van der Waals surface area contributed by atoms with Crippen LogP contribution in [0.5, 0.6) is 0 Å². The summed E-state index contributed by atoms with van der Waals surface area (Å²) in [6.45, 7) is 4.03. The van der Waals surface area contributed by atoms with Crippen molar-refractivity contribution >= 4 is 11.9 Å². The van der Waals surface area contributed by atoms with Crippen molar-refractivity contribution in [2.24, 2.45) is 5.92 Å². The van der Waals surface area contributed by atoms with E-state index >= 15 is 0 Å². The quantitative estimate of drug-likeness (QED) is 0.891. The normalized spacial score (nSPS) is 26.0. The van der Waals surface area contributed by atoms with Crippen LogP contribution in [0.4, 0.5) is 0 Å². The number of hydrogen-bond donors (Lipinski definition) is 2. The highest BCUT2D eigenvalue weighted by atomic mass is 16.4. The van der Waals surface area contributed by atoms with Gasteiger partial charge in [-0.3, -0.25) is 4.79 Å². The van der Waals surface area contributed by atoms with Gasteiger partial charge in [-0.1, -0.05) is 24.6 Å². The first-order valence-electron chi connectivity index (χ1n) is 7.05. The molecular formula is C16H21NO3. The van der Waals surface area contributed by atoms with Gasteiger partial charge in [0, 0.05) is 5.56 Å². The number of aryl methyl sites for hydroxylation is 1. The van der Waals surface area contributed by atoms with Crippen molar-refractivity contribution in [2.45, 2.75) is 45.1 Å². The van der Waals surface area contributed by atoms with Crippen molar-refractivity contribution in [3.8, 4) is 0 Å². The molecule has 4 heteroatoms. The maximum Gasteiger partial charge on any atom is 0.329 e. The van der Waals surface area contributed by atoms with E-state index in [2.05, 4.69) is 12.2 Å². The fourth-order valence-electron chi connectivity index (χ4n) is 2.72. The van der Waals surface area contributed by atoms with Gasteiger partial charge in [0.2, 0.25) is 0 Å². The molecule has 4 nitrogen and oxygen atoms in total. The van der Waals surface area contributed by atoms with Gasteiger partial charge in [-0.05, 0) is 50.7 Å². The van der Waals surface area contributed by atoms with Gasteiger partial charge in [0.05, 0.1) is 0 Å². The minimum Gasteiger partial charge on any atom is -0.480 e. The number of nitrogens with one attached hydrogen (secondary N) is 1. The third-order valence-corrected chi connectivity index (χ3v) is 4.17. The number of carbonyl (C=O) groups is 2. The van der Waals surface area contributed by atoms with Crippen LogP contribution >= 0.6 is 0 Å². The summed E-state index contributed by atoms with van der Waals surface area (Å²) < 4.78 is 0. The predicted molar refractivity (Wildman–Crippen MR) is 76.6 cm³/mol. The number of carbonyl (C=O) groups excluding carboxylic acids is 1. The Hall–Kier alpha value is -1.84. The molecule has 0 radical (unpaired) electrons. The third-order valence-electron chi connectivity index (χ3n) is 4.17. The van der Waals surface area contributed by atoms with Crippen LogP contribution in [0.1, 0.15) is 48.5 Å². The summed E-state index contributed by atoms with van der Waals surface area (Å²) in [6.07, 6.45) is 2.67. The molecule has 0 atom stereocenters. The van der Waals surface area contributed by atoms with Gasteiger partial charge in [-0.2, -0.15) is 0 Å². The molecule has 1 aromatic rings. The molecule has 1 saturated carbocycles. The van der Waals surface area contributed by atoms with E-state index in [9.17, 15) is 14.7 Å². The molecule has 0 unspecified atom stereocenters. The smallest absolute Gasteiger partial charge is 0.329 e. The minimum absolute atomic E-state index is 0.300. The third kappa shape index (κ3) is 3.00. The van der Waals surface area contributed by atoms with E-state index in [1.54, 1.807) is 18.2 Å². The largest absolute Gasteiger partial charge is 0.480 e. The number of rotatable bonds is 3. The highest BCUT2D eigenvalue weighted by molar-refractivity contribution is 5.98. The van der Waals surface area contributed by atoms with Gasteiger partial charge in [0.15, 0.2) is 0 Å². The van der Waals surface area contributed by atoms with Crippen LogP contribution in [0.2, 0.25) is 0 Å². The van der Waals surface area contributed by atoms with Gasteiger partial charge in [0.25, 0.3) is 5.91 Å². The Kier molecular flexibility index (Phi) is 4.12. The molecule has 0 saturated heterocycles. The Labute approximate surface area is 119 Å². The van der Waals surface area contributed by atoms with E-state index in [0.29, 0.717) is 24.3 Å². The van der Waals surface area contributed by atoms with Crippen LogP contribution in [-0.2, 0) is 4.79 Å². The Morgan fingerprint density at radius 1 is 1.30 bits per heavy atom. The van der Waals surface area contributed by atoms with Crippen LogP contribution in [-0.4, -0.2) is 22.5 Å². The zero-order chi connectivity index (χ0) is 14.8. The second-order valence-corrected chi connectivity index (χ2v) is 5.89. The number of benzene rings is 1. The molecule has 108 valence electrons. The number of carboxylic acid groups (broad SMARTS) is 1. The minimum atomic E-state index is -1.10. The van der Waals surface area contributed by atoms with Gasteiger partial charge in [-0.25, -0.2) is 4.79 Å². The van der Waals surface area contributed by atoms with Gasteiger partial charge in [0.1, 0.15) is 5.54 Å². The molecule has 2 N–H and O–H groups in total. The summed E-state index contributed by atoms with van der Waals surface area (Å²) >= 11 is 0. The lowest BCUT2D eigenvalue weighted by Gasteiger charge is -2.36. The summed E-state index contributed by atoms with van der Waals surface area (Å²) in [5, 5.41) is 12.3. The molecule has 1 fully saturated rings. The molecule has 20 heavy (non-hydrogen) atoms. The van der Waals surface area contributed by atoms with Gasteiger partial charge >= 0.3 is 5.97 Å². The highest BCUT2D eigenvalue weighted by Crippen LogP contribution is 2.32. The lowest BCUT2D eigenvalue weighted by Crippen LogP contribution is -2.56. The van der Waals surface area contributed by atoms with Crippen molar-refractivity contribution in [3.05, 3.63) is 35.4 Å². The highest BCUT2D eigenvalue weighted by Gasteiger charge is 2.42. The fraction of sp³-hybridized carbons (Fsp3) is 0.500. The van der Waals surface area contributed by atoms with Crippen molar-refractivity contribution < 1.29 is 14.7 Å². The summed E-state index contributed by atoms with van der Waals surface area (Å²) in [4.78, 5) is 23.9. The average Bonchev–Trinajstić information content (AvgIpc) is 2.41. The molecule has 1 aliphatic rings. The summed E-state index contributed by atoms with van der Waals surface area (Å²) in [5.74, 6) is -0.700. The molecule has 0 aromatic heterocycles. The summed E-state index contributed by atoms with van der Waals surface area (Å²) in [7, 11) is 0. The first-order chi connectivity index (χ1) is 9.43. The van der Waals surface area contributed by atoms with Gasteiger partial charge in [-0.15, -0.1) is 0 Å². The van der Waals surface area contributed by atoms with Crippen LogP contribution in [0, 0.1) is 12.8 Å². The molecule has 1 aliphatic carbocycles. The van der Waals surface area contributed by atoms with Gasteiger partial charge < -0.3 is 10.4 Å². The molecule has 0 spiro atoms. The monoisotopic (exact) mass is 275 g/mol. The van der Waals surface area contributed by atoms with E-state index in [4.69, 9.17) is 0 Å². The summed E-state index contributed by atoms with van der Waals surface area (Å²) in [6, 6.07) is 7.20. The first-order valence-corrected chi connectivity index (χ1v) is 7.05. The number of aliphatic carboxylic acids is 1. The lowest BCUT2D eigenvalue weighted by atomic mass is 9.77. The molecule has 1 aromatic carbocycles. The Bertz CT molecular complexity index is 516. The van der Waals surface area contributed by atoms with Crippen LogP contribution in [0.3, 0.4) is 0 Å². The van der Waals surface area contributed by atoms with Crippen molar-refractivity contribution in [1.29, 1.82) is 0 Å². The number of hydrogen-bond acceptors (Lipinski definition) is 2. The maximum absolute atomic E-state index is 12.3. The number of amides is 1. The van der Waals surface area contributed by atoms with Crippen molar-refractivity contribution in [2.75, 3.05) is 0 Å². The fourth-order valence-corrected chi connectivity index (χ4v) is 2.72. The molecule has 0 aliphatic heterocycles. The zero-order valence-electron chi connectivity index (χ0n) is 12.0. The second kappa shape index (κ2) is 5.65. The molecular weight excluding hydrogens is 254 g/mol. The lowest BCUT2D eigenvalue weighted by molar-refractivity contribution is -0.146. The topological polar surface area (TPSA) is 66.4 Å². The van der Waals surface area contributed by atoms with Crippen LogP contribution in [0.15, 0.2) is 24.3 Å². The van der Waals surface area contributed by atoms with Crippen LogP contribution in [0.25, 0.3) is 0 Å². The Morgan fingerprint density at radius 2 is 1.95 bits per heavy atom. The SMILES string of the molecule is Cc1cccc(C(=O)NC2(C(=O)O)CCC(C)CC2)c1. The number of carboxylic acids is 1. The average molecular weight is 275 g/mol. The van der Waals surface area contributed by atoms with Crippen molar-refractivity contribution in [1.82, 2.24) is 5.32 Å².